The summed E-state index contributed by atoms with van der Waals surface area (Å²) in [4.78, 5) is 13.1. The summed E-state index contributed by atoms with van der Waals surface area (Å²) in [6, 6.07) is 0.591. The highest BCUT2D eigenvalue weighted by atomic mass is 16.5. The quantitative estimate of drug-likeness (QED) is 0.623. The molecule has 0 saturated heterocycles. The minimum atomic E-state index is -0.131. The van der Waals surface area contributed by atoms with Gasteiger partial charge in [-0.2, -0.15) is 0 Å². The van der Waals surface area contributed by atoms with Gasteiger partial charge in [-0.15, -0.1) is 0 Å². The second-order valence-corrected chi connectivity index (χ2v) is 3.78. The fraction of sp³-hybridized carbons (Fsp3) is 0.900. The van der Waals surface area contributed by atoms with E-state index in [1.54, 1.807) is 0 Å². The zero-order chi connectivity index (χ0) is 9.68. The SMILES string of the molecule is COC(=O)CN(C)C1CCCCC1. The summed E-state index contributed by atoms with van der Waals surface area (Å²) in [6.45, 7) is 0.432. The number of methoxy groups -OCH3 is 1. The molecular weight excluding hydrogens is 166 g/mol. The fourth-order valence-electron chi connectivity index (χ4n) is 1.92. The van der Waals surface area contributed by atoms with Crippen LogP contribution in [0, 0.1) is 0 Å². The van der Waals surface area contributed by atoms with Crippen LogP contribution in [0.2, 0.25) is 0 Å². The van der Waals surface area contributed by atoms with E-state index in [1.807, 2.05) is 7.05 Å². The van der Waals surface area contributed by atoms with Gasteiger partial charge in [0.25, 0.3) is 0 Å². The van der Waals surface area contributed by atoms with E-state index in [1.165, 1.54) is 39.2 Å². The van der Waals surface area contributed by atoms with Crippen LogP contribution in [0.15, 0.2) is 0 Å². The Labute approximate surface area is 80.1 Å². The number of likely N-dealkylation sites (N-methyl/N-ethyl adjacent to an activating group) is 1. The Kier molecular flexibility index (Phi) is 4.22. The van der Waals surface area contributed by atoms with Gasteiger partial charge in [0.05, 0.1) is 13.7 Å². The van der Waals surface area contributed by atoms with Crippen LogP contribution >= 0.6 is 0 Å². The first-order chi connectivity index (χ1) is 6.24. The number of esters is 1. The summed E-state index contributed by atoms with van der Waals surface area (Å²) in [5, 5.41) is 0. The van der Waals surface area contributed by atoms with Crippen molar-refractivity contribution in [2.75, 3.05) is 20.7 Å². The van der Waals surface area contributed by atoms with Gasteiger partial charge in [0.1, 0.15) is 0 Å². The molecule has 1 fully saturated rings. The Morgan fingerprint density at radius 1 is 1.38 bits per heavy atom. The molecule has 1 saturated carbocycles. The van der Waals surface area contributed by atoms with Crippen molar-refractivity contribution >= 4 is 5.97 Å². The van der Waals surface area contributed by atoms with Gasteiger partial charge in [0, 0.05) is 6.04 Å². The zero-order valence-electron chi connectivity index (χ0n) is 8.58. The van der Waals surface area contributed by atoms with Crippen molar-refractivity contribution in [1.82, 2.24) is 4.90 Å². The molecule has 0 N–H and O–H groups in total. The standard InChI is InChI=1S/C10H19NO2/c1-11(8-10(12)13-2)9-6-4-3-5-7-9/h9H,3-8H2,1-2H3. The number of ether oxygens (including phenoxy) is 1. The maximum absolute atomic E-state index is 11.0. The Hall–Kier alpha value is -0.570. The van der Waals surface area contributed by atoms with Crippen molar-refractivity contribution in [2.24, 2.45) is 0 Å². The highest BCUT2D eigenvalue weighted by molar-refractivity contribution is 5.71. The first kappa shape index (κ1) is 10.5. The van der Waals surface area contributed by atoms with Crippen molar-refractivity contribution in [3.05, 3.63) is 0 Å². The second-order valence-electron chi connectivity index (χ2n) is 3.78. The van der Waals surface area contributed by atoms with E-state index in [9.17, 15) is 4.79 Å². The molecule has 0 aromatic heterocycles. The largest absolute Gasteiger partial charge is 0.468 e. The van der Waals surface area contributed by atoms with E-state index in [0.29, 0.717) is 12.6 Å². The highest BCUT2D eigenvalue weighted by Gasteiger charge is 2.19. The van der Waals surface area contributed by atoms with Crippen molar-refractivity contribution in [1.29, 1.82) is 0 Å². The van der Waals surface area contributed by atoms with Crippen molar-refractivity contribution in [3.8, 4) is 0 Å². The fourth-order valence-corrected chi connectivity index (χ4v) is 1.92. The molecule has 0 aromatic rings. The van der Waals surface area contributed by atoms with E-state index in [-0.39, 0.29) is 5.97 Å². The molecule has 76 valence electrons. The third kappa shape index (κ3) is 3.35. The molecule has 0 unspecified atom stereocenters. The predicted octanol–water partition coefficient (Wildman–Crippen LogP) is 1.42. The third-order valence-electron chi connectivity index (χ3n) is 2.80. The minimum absolute atomic E-state index is 0.131. The molecule has 0 bridgehead atoms. The normalized spacial score (nSPS) is 19.0. The van der Waals surface area contributed by atoms with E-state index < -0.39 is 0 Å². The topological polar surface area (TPSA) is 29.5 Å². The van der Waals surface area contributed by atoms with Crippen LogP contribution in [0.5, 0.6) is 0 Å². The summed E-state index contributed by atoms with van der Waals surface area (Å²) in [5.41, 5.74) is 0. The van der Waals surface area contributed by atoms with E-state index >= 15 is 0 Å². The number of carbonyl (C=O) groups excluding carboxylic acids is 1. The number of carbonyl (C=O) groups is 1. The summed E-state index contributed by atoms with van der Waals surface area (Å²) in [6.07, 6.45) is 6.41. The molecule has 0 heterocycles. The molecule has 0 aliphatic heterocycles. The summed E-state index contributed by atoms with van der Waals surface area (Å²) < 4.78 is 4.63. The van der Waals surface area contributed by atoms with Crippen LogP contribution in [0.3, 0.4) is 0 Å². The van der Waals surface area contributed by atoms with E-state index in [2.05, 4.69) is 9.64 Å². The lowest BCUT2D eigenvalue weighted by Crippen LogP contribution is -2.37. The van der Waals surface area contributed by atoms with Crippen molar-refractivity contribution < 1.29 is 9.53 Å². The molecule has 0 atom stereocenters. The molecule has 0 radical (unpaired) electrons. The molecule has 1 aliphatic carbocycles. The minimum Gasteiger partial charge on any atom is -0.468 e. The van der Waals surface area contributed by atoms with Crippen LogP contribution in [-0.4, -0.2) is 37.6 Å². The molecule has 0 amide bonds. The van der Waals surface area contributed by atoms with Gasteiger partial charge in [-0.1, -0.05) is 19.3 Å². The highest BCUT2D eigenvalue weighted by Crippen LogP contribution is 2.21. The molecule has 13 heavy (non-hydrogen) atoms. The molecule has 3 heteroatoms. The third-order valence-corrected chi connectivity index (χ3v) is 2.80. The van der Waals surface area contributed by atoms with Crippen molar-refractivity contribution in [3.63, 3.8) is 0 Å². The molecular formula is C10H19NO2. The van der Waals surface area contributed by atoms with E-state index in [0.717, 1.165) is 0 Å². The lowest BCUT2D eigenvalue weighted by Gasteiger charge is -2.30. The van der Waals surface area contributed by atoms with Crippen molar-refractivity contribution in [2.45, 2.75) is 38.1 Å². The first-order valence-corrected chi connectivity index (χ1v) is 5.01. The monoisotopic (exact) mass is 185 g/mol. The van der Waals surface area contributed by atoms with Gasteiger partial charge in [-0.05, 0) is 19.9 Å². The molecule has 3 nitrogen and oxygen atoms in total. The second kappa shape index (κ2) is 5.22. The Morgan fingerprint density at radius 2 is 2.00 bits per heavy atom. The Bertz CT molecular complexity index is 164. The van der Waals surface area contributed by atoms with Crippen LogP contribution in [0.25, 0.3) is 0 Å². The number of hydrogen-bond donors (Lipinski definition) is 0. The lowest BCUT2D eigenvalue weighted by molar-refractivity contribution is -0.142. The smallest absolute Gasteiger partial charge is 0.319 e. The average Bonchev–Trinajstić information content (AvgIpc) is 2.19. The first-order valence-electron chi connectivity index (χ1n) is 5.01. The van der Waals surface area contributed by atoms with Gasteiger partial charge in [-0.25, -0.2) is 0 Å². The molecule has 1 rings (SSSR count). The number of nitrogens with zero attached hydrogens (tertiary/aromatic N) is 1. The number of rotatable bonds is 3. The summed E-state index contributed by atoms with van der Waals surface area (Å²) >= 11 is 0. The maximum Gasteiger partial charge on any atom is 0.319 e. The van der Waals surface area contributed by atoms with E-state index in [4.69, 9.17) is 0 Å². The average molecular weight is 185 g/mol. The van der Waals surface area contributed by atoms with Crippen LogP contribution in [-0.2, 0) is 9.53 Å². The molecule has 1 aliphatic rings. The predicted molar refractivity (Wildman–Crippen MR) is 51.5 cm³/mol. The van der Waals surface area contributed by atoms with Crippen LogP contribution in [0.1, 0.15) is 32.1 Å². The van der Waals surface area contributed by atoms with Gasteiger partial charge in [0.2, 0.25) is 0 Å². The summed E-state index contributed by atoms with van der Waals surface area (Å²) in [5.74, 6) is -0.131. The molecule has 0 aromatic carbocycles. The molecule has 0 spiro atoms. The maximum atomic E-state index is 11.0. The zero-order valence-corrected chi connectivity index (χ0v) is 8.58. The van der Waals surface area contributed by atoms with Gasteiger partial charge < -0.3 is 4.74 Å². The lowest BCUT2D eigenvalue weighted by atomic mass is 9.94. The van der Waals surface area contributed by atoms with Gasteiger partial charge in [0.15, 0.2) is 0 Å². The van der Waals surface area contributed by atoms with Crippen LogP contribution < -0.4 is 0 Å². The van der Waals surface area contributed by atoms with Gasteiger partial charge >= 0.3 is 5.97 Å². The number of hydrogen-bond acceptors (Lipinski definition) is 3. The Morgan fingerprint density at radius 3 is 2.54 bits per heavy atom. The summed E-state index contributed by atoms with van der Waals surface area (Å²) in [7, 11) is 3.45. The van der Waals surface area contributed by atoms with Crippen LogP contribution in [0.4, 0.5) is 0 Å². The Balaban J connectivity index is 2.28. The van der Waals surface area contributed by atoms with Gasteiger partial charge in [-0.3, -0.25) is 9.69 Å².